The minimum atomic E-state index is -0.578. The Morgan fingerprint density at radius 1 is 1.03 bits per heavy atom. The van der Waals surface area contributed by atoms with Gasteiger partial charge >= 0.3 is 6.09 Å². The molecule has 5 nitrogen and oxygen atoms in total. The number of aromatic nitrogens is 2. The Balaban J connectivity index is 1.71. The van der Waals surface area contributed by atoms with Gasteiger partial charge in [0.05, 0.1) is 11.1 Å². The second kappa shape index (κ2) is 7.65. The SMILES string of the molecule is CC(C)(C)OC(=O)n1cc(CCn2c(Cl)c(C=O)c3ccccc32)c2ccccc21. The first kappa shape index (κ1) is 20.2. The molecule has 2 aromatic carbocycles. The normalized spacial score (nSPS) is 11.9. The Labute approximate surface area is 179 Å². The average molecular weight is 423 g/mol. The predicted molar refractivity (Wildman–Crippen MR) is 120 cm³/mol. The lowest BCUT2D eigenvalue weighted by Gasteiger charge is -2.19. The van der Waals surface area contributed by atoms with Crippen LogP contribution in [0.3, 0.4) is 0 Å². The predicted octanol–water partition coefficient (Wildman–Crippen LogP) is 6.09. The van der Waals surface area contributed by atoms with Gasteiger partial charge in [-0.3, -0.25) is 9.36 Å². The Hall–Kier alpha value is -3.05. The smallest absolute Gasteiger partial charge is 0.419 e. The topological polar surface area (TPSA) is 53.2 Å². The Morgan fingerprint density at radius 2 is 1.67 bits per heavy atom. The van der Waals surface area contributed by atoms with Gasteiger partial charge < -0.3 is 9.30 Å². The number of nitrogens with zero attached hydrogens (tertiary/aromatic N) is 2. The number of aldehydes is 1. The third-order valence-corrected chi connectivity index (χ3v) is 5.46. The average Bonchev–Trinajstić information content (AvgIpc) is 3.20. The van der Waals surface area contributed by atoms with E-state index in [2.05, 4.69) is 0 Å². The highest BCUT2D eigenvalue weighted by atomic mass is 35.5. The van der Waals surface area contributed by atoms with Crippen molar-refractivity contribution in [3.63, 3.8) is 0 Å². The molecule has 4 rings (SSSR count). The van der Waals surface area contributed by atoms with Crippen LogP contribution in [0.2, 0.25) is 5.15 Å². The highest BCUT2D eigenvalue weighted by Gasteiger charge is 2.21. The minimum Gasteiger partial charge on any atom is -0.443 e. The second-order valence-corrected chi connectivity index (χ2v) is 8.62. The summed E-state index contributed by atoms with van der Waals surface area (Å²) in [4.78, 5) is 24.3. The summed E-state index contributed by atoms with van der Waals surface area (Å²) < 4.78 is 9.06. The van der Waals surface area contributed by atoms with Crippen LogP contribution in [0.5, 0.6) is 0 Å². The zero-order chi connectivity index (χ0) is 21.5. The largest absolute Gasteiger partial charge is 0.443 e. The van der Waals surface area contributed by atoms with E-state index in [0.29, 0.717) is 23.7 Å². The first-order valence-electron chi connectivity index (χ1n) is 9.84. The van der Waals surface area contributed by atoms with Crippen LogP contribution < -0.4 is 0 Å². The summed E-state index contributed by atoms with van der Waals surface area (Å²) in [5, 5.41) is 2.27. The molecule has 0 aliphatic carbocycles. The number of ether oxygens (including phenoxy) is 1. The van der Waals surface area contributed by atoms with E-state index >= 15 is 0 Å². The number of carbonyl (C=O) groups is 2. The van der Waals surface area contributed by atoms with E-state index in [0.717, 1.165) is 33.7 Å². The van der Waals surface area contributed by atoms with Gasteiger partial charge in [-0.15, -0.1) is 0 Å². The third-order valence-electron chi connectivity index (χ3n) is 5.05. The summed E-state index contributed by atoms with van der Waals surface area (Å²) in [6.07, 6.45) is 2.87. The van der Waals surface area contributed by atoms with Crippen LogP contribution in [0, 0.1) is 0 Å². The number of rotatable bonds is 4. The van der Waals surface area contributed by atoms with Gasteiger partial charge in [0.2, 0.25) is 0 Å². The molecule has 6 heteroatoms. The molecule has 0 fully saturated rings. The molecule has 0 radical (unpaired) electrons. The van der Waals surface area contributed by atoms with E-state index in [-0.39, 0.29) is 0 Å². The number of hydrogen-bond acceptors (Lipinski definition) is 3. The van der Waals surface area contributed by atoms with Gasteiger partial charge in [0.1, 0.15) is 10.8 Å². The van der Waals surface area contributed by atoms with Crippen LogP contribution in [0.25, 0.3) is 21.8 Å². The quantitative estimate of drug-likeness (QED) is 0.374. The van der Waals surface area contributed by atoms with E-state index in [1.54, 1.807) is 4.57 Å². The first-order chi connectivity index (χ1) is 14.3. The molecular weight excluding hydrogens is 400 g/mol. The highest BCUT2D eigenvalue weighted by molar-refractivity contribution is 6.34. The van der Waals surface area contributed by atoms with Gasteiger partial charge in [-0.25, -0.2) is 4.79 Å². The molecule has 4 aromatic rings. The van der Waals surface area contributed by atoms with Crippen molar-refractivity contribution in [3.8, 4) is 0 Å². The van der Waals surface area contributed by atoms with Gasteiger partial charge in [0.25, 0.3) is 0 Å². The van der Waals surface area contributed by atoms with Gasteiger partial charge in [0, 0.05) is 29.0 Å². The Bertz CT molecular complexity index is 1260. The van der Waals surface area contributed by atoms with E-state index in [1.165, 1.54) is 0 Å². The zero-order valence-corrected chi connectivity index (χ0v) is 17.9. The second-order valence-electron chi connectivity index (χ2n) is 8.26. The molecule has 0 atom stereocenters. The molecule has 0 N–H and O–H groups in total. The summed E-state index contributed by atoms with van der Waals surface area (Å²) in [5.41, 5.74) is 2.66. The van der Waals surface area contributed by atoms with Crippen LogP contribution in [-0.4, -0.2) is 27.1 Å². The van der Waals surface area contributed by atoms with Crippen molar-refractivity contribution in [1.82, 2.24) is 9.13 Å². The molecule has 2 aromatic heterocycles. The number of para-hydroxylation sites is 2. The Kier molecular flexibility index (Phi) is 5.16. The van der Waals surface area contributed by atoms with Crippen LogP contribution in [0.4, 0.5) is 4.79 Å². The summed E-state index contributed by atoms with van der Waals surface area (Å²) >= 11 is 6.52. The summed E-state index contributed by atoms with van der Waals surface area (Å²) in [7, 11) is 0. The monoisotopic (exact) mass is 422 g/mol. The standard InChI is InChI=1S/C24H23ClN2O3/c1-24(2,3)30-23(29)27-14-16(17-8-4-6-10-20(17)27)12-13-26-21-11-7-5-9-18(21)19(15-28)22(26)25/h4-11,14-15H,12-13H2,1-3H3. The Morgan fingerprint density at radius 3 is 2.33 bits per heavy atom. The van der Waals surface area contributed by atoms with Gasteiger partial charge in [-0.05, 0) is 44.9 Å². The lowest BCUT2D eigenvalue weighted by atomic mass is 10.1. The molecule has 2 heterocycles. The van der Waals surface area contributed by atoms with Crippen LogP contribution in [0.15, 0.2) is 54.7 Å². The van der Waals surface area contributed by atoms with Crippen molar-refractivity contribution < 1.29 is 14.3 Å². The van der Waals surface area contributed by atoms with Crippen LogP contribution in [-0.2, 0) is 17.7 Å². The highest BCUT2D eigenvalue weighted by Crippen LogP contribution is 2.30. The van der Waals surface area contributed by atoms with Gasteiger partial charge in [-0.2, -0.15) is 0 Å². The fourth-order valence-corrected chi connectivity index (χ4v) is 4.10. The number of aryl methyl sites for hydroxylation is 2. The first-order valence-corrected chi connectivity index (χ1v) is 10.2. The lowest BCUT2D eigenvalue weighted by molar-refractivity contribution is 0.0544. The molecule has 30 heavy (non-hydrogen) atoms. The maximum Gasteiger partial charge on any atom is 0.419 e. The molecule has 0 saturated carbocycles. The zero-order valence-electron chi connectivity index (χ0n) is 17.2. The van der Waals surface area contributed by atoms with E-state index < -0.39 is 11.7 Å². The number of hydrogen-bond donors (Lipinski definition) is 0. The maximum atomic E-state index is 12.7. The van der Waals surface area contributed by atoms with Gasteiger partial charge in [-0.1, -0.05) is 48.0 Å². The van der Waals surface area contributed by atoms with Crippen molar-refractivity contribution in [1.29, 1.82) is 0 Å². The molecule has 0 bridgehead atoms. The van der Waals surface area contributed by atoms with Crippen molar-refractivity contribution in [2.45, 2.75) is 39.3 Å². The summed E-state index contributed by atoms with van der Waals surface area (Å²) in [6, 6.07) is 15.4. The van der Waals surface area contributed by atoms with Crippen molar-refractivity contribution in [2.24, 2.45) is 0 Å². The summed E-state index contributed by atoms with van der Waals surface area (Å²) in [5.74, 6) is 0. The molecule has 0 amide bonds. The number of fused-ring (bicyclic) bond motifs is 2. The lowest BCUT2D eigenvalue weighted by Crippen LogP contribution is -2.26. The number of halogens is 1. The van der Waals surface area contributed by atoms with E-state index in [4.69, 9.17) is 16.3 Å². The molecule has 0 aliphatic rings. The fourth-order valence-electron chi connectivity index (χ4n) is 3.77. The van der Waals surface area contributed by atoms with Crippen LogP contribution >= 0.6 is 11.6 Å². The van der Waals surface area contributed by atoms with Crippen LogP contribution in [0.1, 0.15) is 36.7 Å². The molecular formula is C24H23ClN2O3. The van der Waals surface area contributed by atoms with E-state index in [9.17, 15) is 9.59 Å². The molecule has 0 spiro atoms. The molecule has 154 valence electrons. The van der Waals surface area contributed by atoms with Crippen molar-refractivity contribution >= 4 is 45.8 Å². The summed E-state index contributed by atoms with van der Waals surface area (Å²) in [6.45, 7) is 6.12. The molecule has 0 unspecified atom stereocenters. The fraction of sp³-hybridized carbons (Fsp3) is 0.250. The van der Waals surface area contributed by atoms with Crippen molar-refractivity contribution in [3.05, 3.63) is 71.0 Å². The maximum absolute atomic E-state index is 12.7. The van der Waals surface area contributed by atoms with Crippen molar-refractivity contribution in [2.75, 3.05) is 0 Å². The van der Waals surface area contributed by atoms with Gasteiger partial charge in [0.15, 0.2) is 6.29 Å². The number of carbonyl (C=O) groups excluding carboxylic acids is 2. The molecule has 0 aliphatic heterocycles. The third kappa shape index (κ3) is 3.61. The van der Waals surface area contributed by atoms with E-state index in [1.807, 2.05) is 80.1 Å². The minimum absolute atomic E-state index is 0.405. The molecule has 0 saturated heterocycles. The number of benzene rings is 2.